The van der Waals surface area contributed by atoms with Crippen molar-refractivity contribution in [1.82, 2.24) is 14.9 Å². The van der Waals surface area contributed by atoms with Crippen LogP contribution in [-0.2, 0) is 29.0 Å². The number of carbonyl (C=O) groups is 3. The van der Waals surface area contributed by atoms with Crippen LogP contribution in [0.4, 0.5) is 9.18 Å². The number of rotatable bonds is 8. The molecule has 9 nitrogen and oxygen atoms in total. The van der Waals surface area contributed by atoms with Gasteiger partial charge in [-0.2, -0.15) is 4.73 Å². The Morgan fingerprint density at radius 3 is 2.76 bits per heavy atom. The van der Waals surface area contributed by atoms with Crippen molar-refractivity contribution in [3.63, 3.8) is 0 Å². The maximum Gasteiger partial charge on any atom is 0.429 e. The molecule has 1 aromatic heterocycles. The number of aliphatic hydroxyl groups excluding tert-OH is 1. The predicted molar refractivity (Wildman–Crippen MR) is 133 cm³/mol. The quantitative estimate of drug-likeness (QED) is 0.413. The number of nitrogens with two attached hydrogens (primary N) is 1. The molecule has 37 heavy (non-hydrogen) atoms. The molecule has 1 saturated heterocycles. The van der Waals surface area contributed by atoms with Crippen LogP contribution in [0.1, 0.15) is 29.5 Å². The van der Waals surface area contributed by atoms with Gasteiger partial charge in [-0.25, -0.2) is 9.18 Å². The van der Waals surface area contributed by atoms with E-state index in [9.17, 15) is 23.9 Å². The van der Waals surface area contributed by atoms with Gasteiger partial charge < -0.3 is 25.9 Å². The molecule has 0 unspecified atom stereocenters. The van der Waals surface area contributed by atoms with Gasteiger partial charge in [-0.05, 0) is 48.4 Å². The Morgan fingerprint density at radius 2 is 2.00 bits per heavy atom. The van der Waals surface area contributed by atoms with Crippen LogP contribution in [0, 0.1) is 11.7 Å². The molecule has 0 bridgehead atoms. The largest absolute Gasteiger partial charge is 0.429 e. The Hall–Kier alpha value is -3.63. The summed E-state index contributed by atoms with van der Waals surface area (Å²) in [6, 6.07) is 9.34. The number of hydrogen-bond donors (Lipinski definition) is 3. The molecule has 2 fully saturated rings. The highest BCUT2D eigenvalue weighted by Crippen LogP contribution is 2.48. The summed E-state index contributed by atoms with van der Waals surface area (Å²) in [5.74, 6) is -0.878. The highest BCUT2D eigenvalue weighted by atomic mass is 35.5. The Morgan fingerprint density at radius 1 is 1.19 bits per heavy atom. The van der Waals surface area contributed by atoms with Crippen molar-refractivity contribution in [3.05, 3.63) is 70.1 Å². The SMILES string of the molecule is NC(=O)On1cc(CC(=O)N2[C@@H]3C[C@@H]3C[C@H]2C(=O)NCc2cccc(Cl)c2F)c2ccc(CCO)cc21. The first-order chi connectivity index (χ1) is 17.8. The van der Waals surface area contributed by atoms with E-state index in [1.165, 1.54) is 17.0 Å². The van der Waals surface area contributed by atoms with E-state index < -0.39 is 18.0 Å². The number of halogens is 2. The number of fused-ring (bicyclic) bond motifs is 2. The molecule has 5 rings (SSSR count). The number of nitrogens with one attached hydrogen (secondary N) is 1. The van der Waals surface area contributed by atoms with Crippen molar-refractivity contribution in [2.75, 3.05) is 6.61 Å². The maximum absolute atomic E-state index is 14.2. The average Bonchev–Trinajstić information content (AvgIpc) is 3.40. The molecule has 1 saturated carbocycles. The number of aromatic nitrogens is 1. The summed E-state index contributed by atoms with van der Waals surface area (Å²) < 4.78 is 15.4. The molecule has 3 aromatic rings. The van der Waals surface area contributed by atoms with Crippen LogP contribution in [0.15, 0.2) is 42.6 Å². The Labute approximate surface area is 216 Å². The number of aliphatic hydroxyl groups is 1. The molecule has 4 N–H and O–H groups in total. The van der Waals surface area contributed by atoms with Gasteiger partial charge in [-0.15, -0.1) is 0 Å². The topological polar surface area (TPSA) is 127 Å². The third-order valence-electron chi connectivity index (χ3n) is 7.03. The highest BCUT2D eigenvalue weighted by Gasteiger charge is 2.55. The van der Waals surface area contributed by atoms with Crippen LogP contribution in [0.2, 0.25) is 5.02 Å². The van der Waals surface area contributed by atoms with Gasteiger partial charge in [-0.3, -0.25) is 9.59 Å². The Kier molecular flexibility index (Phi) is 6.78. The van der Waals surface area contributed by atoms with Gasteiger partial charge in [-0.1, -0.05) is 35.9 Å². The van der Waals surface area contributed by atoms with E-state index >= 15 is 0 Å². The van der Waals surface area contributed by atoms with Gasteiger partial charge in [0.1, 0.15) is 11.9 Å². The fourth-order valence-corrected chi connectivity index (χ4v) is 5.39. The van der Waals surface area contributed by atoms with Crippen molar-refractivity contribution in [1.29, 1.82) is 0 Å². The smallest absolute Gasteiger partial charge is 0.396 e. The second-order valence-electron chi connectivity index (χ2n) is 9.44. The van der Waals surface area contributed by atoms with Crippen LogP contribution < -0.4 is 15.9 Å². The average molecular weight is 529 g/mol. The first-order valence-corrected chi connectivity index (χ1v) is 12.4. The predicted octanol–water partition coefficient (Wildman–Crippen LogP) is 2.32. The summed E-state index contributed by atoms with van der Waals surface area (Å²) in [6.45, 7) is -0.0770. The number of piperidine rings is 1. The first-order valence-electron chi connectivity index (χ1n) is 12.0. The number of benzene rings is 2. The fraction of sp³-hybridized carbons (Fsp3) is 0.346. The maximum atomic E-state index is 14.2. The van der Waals surface area contributed by atoms with Gasteiger partial charge >= 0.3 is 6.09 Å². The molecule has 3 atom stereocenters. The van der Waals surface area contributed by atoms with Gasteiger partial charge in [0.05, 0.1) is 17.0 Å². The van der Waals surface area contributed by atoms with E-state index in [0.717, 1.165) is 12.0 Å². The summed E-state index contributed by atoms with van der Waals surface area (Å²) in [5.41, 5.74) is 7.46. The van der Waals surface area contributed by atoms with Gasteiger partial charge in [0.2, 0.25) is 11.8 Å². The van der Waals surface area contributed by atoms with Crippen LogP contribution in [-0.4, -0.2) is 51.3 Å². The second kappa shape index (κ2) is 10.0. The molecule has 2 aliphatic rings. The molecule has 0 spiro atoms. The van der Waals surface area contributed by atoms with Gasteiger partial charge in [0.25, 0.3) is 0 Å². The number of primary amides is 1. The molecule has 2 aromatic carbocycles. The lowest BCUT2D eigenvalue weighted by atomic mass is 10.1. The summed E-state index contributed by atoms with van der Waals surface area (Å²) in [5, 5.41) is 12.7. The van der Waals surface area contributed by atoms with Crippen molar-refractivity contribution in [2.24, 2.45) is 11.7 Å². The number of likely N-dealkylation sites (tertiary alicyclic amines) is 1. The Bertz CT molecular complexity index is 1390. The third kappa shape index (κ3) is 4.99. The zero-order chi connectivity index (χ0) is 26.3. The lowest BCUT2D eigenvalue weighted by Gasteiger charge is -2.27. The molecule has 2 heterocycles. The van der Waals surface area contributed by atoms with E-state index in [0.29, 0.717) is 29.3 Å². The van der Waals surface area contributed by atoms with Gasteiger partial charge in [0, 0.05) is 36.3 Å². The normalized spacial score (nSPS) is 20.1. The van der Waals surface area contributed by atoms with E-state index in [1.807, 2.05) is 6.07 Å². The fourth-order valence-electron chi connectivity index (χ4n) is 5.20. The molecule has 1 aliphatic carbocycles. The standard InChI is InChI=1S/C26H26ClFN4O5/c27-19-3-1-2-15(24(19)28)12-30-25(35)22-10-16-9-20(16)32(22)23(34)11-17-13-31(37-26(29)36)21-8-14(6-7-33)4-5-18(17)21/h1-5,8,13,16,20,22,33H,6-7,9-12H2,(H2,29,36)(H,30,35)/t16-,20-,22+/m1/s1. The molecular formula is C26H26ClFN4O5. The lowest BCUT2D eigenvalue weighted by Crippen LogP contribution is -2.48. The summed E-state index contributed by atoms with van der Waals surface area (Å²) in [4.78, 5) is 44.7. The second-order valence-corrected chi connectivity index (χ2v) is 9.85. The van der Waals surface area contributed by atoms with E-state index in [2.05, 4.69) is 5.32 Å². The summed E-state index contributed by atoms with van der Waals surface area (Å²) in [7, 11) is 0. The summed E-state index contributed by atoms with van der Waals surface area (Å²) >= 11 is 5.83. The van der Waals surface area contributed by atoms with Crippen LogP contribution in [0.3, 0.4) is 0 Å². The number of amides is 3. The zero-order valence-electron chi connectivity index (χ0n) is 19.8. The van der Waals surface area contributed by atoms with Crippen LogP contribution in [0.25, 0.3) is 10.9 Å². The third-order valence-corrected chi connectivity index (χ3v) is 7.32. The van der Waals surface area contributed by atoms with Crippen LogP contribution in [0.5, 0.6) is 0 Å². The first kappa shape index (κ1) is 25.0. The minimum atomic E-state index is -1.00. The van der Waals surface area contributed by atoms with Crippen LogP contribution >= 0.6 is 11.6 Å². The van der Waals surface area contributed by atoms with Crippen molar-refractivity contribution >= 4 is 40.4 Å². The molecular weight excluding hydrogens is 503 g/mol. The number of hydrogen-bond acceptors (Lipinski definition) is 5. The summed E-state index contributed by atoms with van der Waals surface area (Å²) in [6.07, 6.45) is 2.33. The number of carbonyl (C=O) groups excluding carboxylic acids is 3. The minimum absolute atomic E-state index is 0.00229. The molecule has 11 heteroatoms. The zero-order valence-corrected chi connectivity index (χ0v) is 20.6. The Balaban J connectivity index is 1.34. The van der Waals surface area contributed by atoms with Crippen molar-refractivity contribution < 1.29 is 28.7 Å². The van der Waals surface area contributed by atoms with Crippen molar-refractivity contribution in [2.45, 2.75) is 44.3 Å². The van der Waals surface area contributed by atoms with Gasteiger partial charge in [0.15, 0.2) is 0 Å². The minimum Gasteiger partial charge on any atom is -0.396 e. The van der Waals surface area contributed by atoms with E-state index in [4.69, 9.17) is 22.2 Å². The molecule has 1 aliphatic heterocycles. The van der Waals surface area contributed by atoms with E-state index in [1.54, 1.807) is 29.2 Å². The monoisotopic (exact) mass is 528 g/mol. The highest BCUT2D eigenvalue weighted by molar-refractivity contribution is 6.30. The lowest BCUT2D eigenvalue weighted by molar-refractivity contribution is -0.139. The molecule has 0 radical (unpaired) electrons. The molecule has 194 valence electrons. The van der Waals surface area contributed by atoms with Crippen molar-refractivity contribution in [3.8, 4) is 0 Å². The van der Waals surface area contributed by atoms with E-state index in [-0.39, 0.29) is 53.9 Å². The molecule has 3 amide bonds. The number of nitrogens with zero attached hydrogens (tertiary/aromatic N) is 2.